The van der Waals surface area contributed by atoms with Gasteiger partial charge >= 0.3 is 0 Å². The Morgan fingerprint density at radius 2 is 1.81 bits per heavy atom. The lowest BCUT2D eigenvalue weighted by Crippen LogP contribution is -2.34. The molecule has 1 N–H and O–H groups in total. The highest BCUT2D eigenvalue weighted by atomic mass is 16.5. The zero-order valence-electron chi connectivity index (χ0n) is 13.7. The third-order valence-corrected chi connectivity index (χ3v) is 4.30. The van der Waals surface area contributed by atoms with Crippen LogP contribution in [0.25, 0.3) is 0 Å². The smallest absolute Gasteiger partial charge is 0.122 e. The summed E-state index contributed by atoms with van der Waals surface area (Å²) in [5, 5.41) is 3.54. The van der Waals surface area contributed by atoms with Crippen LogP contribution in [0.15, 0.2) is 12.1 Å². The van der Waals surface area contributed by atoms with Gasteiger partial charge in [-0.15, -0.1) is 0 Å². The van der Waals surface area contributed by atoms with Crippen molar-refractivity contribution in [2.75, 3.05) is 26.4 Å². The molecule has 3 heteroatoms. The molecule has 118 valence electrons. The summed E-state index contributed by atoms with van der Waals surface area (Å²) in [7, 11) is 0. The largest absolute Gasteiger partial charge is 0.491 e. The minimum atomic E-state index is 0.626. The van der Waals surface area contributed by atoms with Crippen LogP contribution in [0.5, 0.6) is 5.75 Å². The second kappa shape index (κ2) is 8.40. The molecule has 1 aromatic rings. The van der Waals surface area contributed by atoms with Crippen LogP contribution >= 0.6 is 0 Å². The van der Waals surface area contributed by atoms with Gasteiger partial charge in [-0.2, -0.15) is 0 Å². The molecule has 21 heavy (non-hydrogen) atoms. The van der Waals surface area contributed by atoms with E-state index < -0.39 is 0 Å². The van der Waals surface area contributed by atoms with Gasteiger partial charge in [0.15, 0.2) is 0 Å². The Kier molecular flexibility index (Phi) is 6.52. The molecular weight excluding hydrogens is 262 g/mol. The molecule has 1 atom stereocenters. The molecule has 0 aromatic heterocycles. The van der Waals surface area contributed by atoms with Crippen molar-refractivity contribution in [1.29, 1.82) is 0 Å². The van der Waals surface area contributed by atoms with Gasteiger partial charge in [-0.25, -0.2) is 0 Å². The third kappa shape index (κ3) is 5.33. The van der Waals surface area contributed by atoms with Crippen molar-refractivity contribution in [1.82, 2.24) is 5.32 Å². The number of hydrogen-bond acceptors (Lipinski definition) is 3. The Balaban J connectivity index is 1.60. The lowest BCUT2D eigenvalue weighted by Gasteiger charge is -2.23. The van der Waals surface area contributed by atoms with Gasteiger partial charge in [0.05, 0.1) is 6.61 Å². The second-order valence-corrected chi connectivity index (χ2v) is 6.10. The standard InChI is InChI=1S/C18H29NO2/c1-14-12-16(3)18(13-15(14)2)21-11-10-20-9-7-17-6-4-5-8-19-17/h12-13,17,19H,4-11H2,1-3H3. The highest BCUT2D eigenvalue weighted by molar-refractivity contribution is 5.40. The molecule has 1 saturated heterocycles. The maximum Gasteiger partial charge on any atom is 0.122 e. The molecule has 0 bridgehead atoms. The zero-order valence-corrected chi connectivity index (χ0v) is 13.7. The van der Waals surface area contributed by atoms with Gasteiger partial charge in [0.1, 0.15) is 12.4 Å². The Bertz CT molecular complexity index is 439. The summed E-state index contributed by atoms with van der Waals surface area (Å²) in [6, 6.07) is 4.96. The van der Waals surface area contributed by atoms with E-state index in [0.29, 0.717) is 19.3 Å². The minimum absolute atomic E-state index is 0.626. The van der Waals surface area contributed by atoms with E-state index in [-0.39, 0.29) is 0 Å². The Hall–Kier alpha value is -1.06. The van der Waals surface area contributed by atoms with Crippen molar-refractivity contribution in [2.24, 2.45) is 0 Å². The van der Waals surface area contributed by atoms with E-state index in [4.69, 9.17) is 9.47 Å². The molecule has 2 rings (SSSR count). The number of hydrogen-bond donors (Lipinski definition) is 1. The summed E-state index contributed by atoms with van der Waals surface area (Å²) in [6.07, 6.45) is 5.08. The van der Waals surface area contributed by atoms with Crippen LogP contribution in [0.2, 0.25) is 0 Å². The summed E-state index contributed by atoms with van der Waals surface area (Å²) in [6.45, 7) is 9.63. The van der Waals surface area contributed by atoms with Gasteiger partial charge in [-0.3, -0.25) is 0 Å². The van der Waals surface area contributed by atoms with Crippen molar-refractivity contribution in [3.8, 4) is 5.75 Å². The predicted molar refractivity (Wildman–Crippen MR) is 87.2 cm³/mol. The van der Waals surface area contributed by atoms with Gasteiger partial charge < -0.3 is 14.8 Å². The van der Waals surface area contributed by atoms with Crippen LogP contribution < -0.4 is 10.1 Å². The first-order valence-electron chi connectivity index (χ1n) is 8.18. The summed E-state index contributed by atoms with van der Waals surface area (Å²) in [4.78, 5) is 0. The van der Waals surface area contributed by atoms with Crippen LogP contribution in [0.3, 0.4) is 0 Å². The molecule has 1 aromatic carbocycles. The maximum absolute atomic E-state index is 5.82. The van der Waals surface area contributed by atoms with E-state index in [9.17, 15) is 0 Å². The van der Waals surface area contributed by atoms with E-state index in [1.54, 1.807) is 0 Å². The molecular formula is C18H29NO2. The number of benzene rings is 1. The molecule has 0 saturated carbocycles. The normalized spacial score (nSPS) is 18.7. The fourth-order valence-electron chi connectivity index (χ4n) is 2.80. The number of rotatable bonds is 7. The molecule has 3 nitrogen and oxygen atoms in total. The third-order valence-electron chi connectivity index (χ3n) is 4.30. The lowest BCUT2D eigenvalue weighted by atomic mass is 10.0. The highest BCUT2D eigenvalue weighted by Gasteiger charge is 2.11. The van der Waals surface area contributed by atoms with Crippen LogP contribution in [-0.2, 0) is 4.74 Å². The van der Waals surface area contributed by atoms with Gasteiger partial charge in [-0.05, 0) is 69.3 Å². The molecule has 0 amide bonds. The van der Waals surface area contributed by atoms with Crippen LogP contribution in [0.4, 0.5) is 0 Å². The average Bonchev–Trinajstić information content (AvgIpc) is 2.49. The van der Waals surface area contributed by atoms with Crippen LogP contribution in [-0.4, -0.2) is 32.4 Å². The fourth-order valence-corrected chi connectivity index (χ4v) is 2.80. The zero-order chi connectivity index (χ0) is 15.1. The second-order valence-electron chi connectivity index (χ2n) is 6.10. The average molecular weight is 291 g/mol. The first-order chi connectivity index (χ1) is 10.2. The number of nitrogens with one attached hydrogen (secondary N) is 1. The van der Waals surface area contributed by atoms with Crippen molar-refractivity contribution < 1.29 is 9.47 Å². The first kappa shape index (κ1) is 16.3. The van der Waals surface area contributed by atoms with Crippen molar-refractivity contribution in [3.05, 3.63) is 28.8 Å². The van der Waals surface area contributed by atoms with E-state index in [1.807, 2.05) is 0 Å². The topological polar surface area (TPSA) is 30.5 Å². The molecule has 1 aliphatic rings. The van der Waals surface area contributed by atoms with Crippen LogP contribution in [0, 0.1) is 20.8 Å². The molecule has 0 radical (unpaired) electrons. The lowest BCUT2D eigenvalue weighted by molar-refractivity contribution is 0.0909. The Morgan fingerprint density at radius 3 is 2.57 bits per heavy atom. The first-order valence-corrected chi connectivity index (χ1v) is 8.18. The van der Waals surface area contributed by atoms with Crippen molar-refractivity contribution in [3.63, 3.8) is 0 Å². The fraction of sp³-hybridized carbons (Fsp3) is 0.667. The molecule has 1 unspecified atom stereocenters. The monoisotopic (exact) mass is 291 g/mol. The van der Waals surface area contributed by atoms with E-state index in [1.165, 1.54) is 42.5 Å². The minimum Gasteiger partial charge on any atom is -0.491 e. The quantitative estimate of drug-likeness (QED) is 0.779. The van der Waals surface area contributed by atoms with Gasteiger partial charge in [-0.1, -0.05) is 12.5 Å². The van der Waals surface area contributed by atoms with E-state index in [0.717, 1.165) is 18.8 Å². The van der Waals surface area contributed by atoms with Crippen molar-refractivity contribution >= 4 is 0 Å². The molecule has 1 aliphatic heterocycles. The van der Waals surface area contributed by atoms with E-state index >= 15 is 0 Å². The summed E-state index contributed by atoms with van der Waals surface area (Å²) >= 11 is 0. The van der Waals surface area contributed by atoms with Gasteiger partial charge in [0.2, 0.25) is 0 Å². The maximum atomic E-state index is 5.82. The SMILES string of the molecule is Cc1cc(C)c(OCCOCCC2CCCCN2)cc1C. The summed E-state index contributed by atoms with van der Waals surface area (Å²) < 4.78 is 11.5. The molecule has 1 fully saturated rings. The summed E-state index contributed by atoms with van der Waals surface area (Å²) in [5.41, 5.74) is 3.79. The molecule has 0 spiro atoms. The van der Waals surface area contributed by atoms with Gasteiger partial charge in [0.25, 0.3) is 0 Å². The molecule has 0 aliphatic carbocycles. The molecule has 1 heterocycles. The Labute approximate surface area is 129 Å². The van der Waals surface area contributed by atoms with Gasteiger partial charge in [0, 0.05) is 12.6 Å². The number of ether oxygens (including phenoxy) is 2. The summed E-state index contributed by atoms with van der Waals surface area (Å²) in [5.74, 6) is 0.982. The highest BCUT2D eigenvalue weighted by Crippen LogP contribution is 2.22. The number of aryl methyl sites for hydroxylation is 3. The Morgan fingerprint density at radius 1 is 1.00 bits per heavy atom. The predicted octanol–water partition coefficient (Wildman–Crippen LogP) is 3.54. The van der Waals surface area contributed by atoms with Crippen molar-refractivity contribution in [2.45, 2.75) is 52.5 Å². The van der Waals surface area contributed by atoms with E-state index in [2.05, 4.69) is 38.2 Å². The van der Waals surface area contributed by atoms with Crippen LogP contribution in [0.1, 0.15) is 42.4 Å². The number of piperidine rings is 1.